The lowest BCUT2D eigenvalue weighted by atomic mass is 9.86. The average Bonchev–Trinajstić information content (AvgIpc) is 2.88. The van der Waals surface area contributed by atoms with Gasteiger partial charge < -0.3 is 4.90 Å². The van der Waals surface area contributed by atoms with Gasteiger partial charge in [-0.1, -0.05) is 6.92 Å². The van der Waals surface area contributed by atoms with Gasteiger partial charge in [0.25, 0.3) is 0 Å². The van der Waals surface area contributed by atoms with Crippen LogP contribution in [0.4, 0.5) is 8.78 Å². The topological polar surface area (TPSA) is 66.5 Å². The molecule has 1 aliphatic heterocycles. The number of alkyl halides is 2. The Morgan fingerprint density at radius 1 is 1.29 bits per heavy atom. The van der Waals surface area contributed by atoms with Gasteiger partial charge in [0, 0.05) is 38.4 Å². The Morgan fingerprint density at radius 2 is 1.90 bits per heavy atom. The van der Waals surface area contributed by atoms with Gasteiger partial charge in [-0.25, -0.2) is 21.9 Å². The molecule has 2 fully saturated rings. The van der Waals surface area contributed by atoms with Gasteiger partial charge in [-0.3, -0.25) is 4.79 Å². The number of hydrogen-bond acceptors (Lipinski definition) is 3. The van der Waals surface area contributed by atoms with E-state index < -0.39 is 21.2 Å². The summed E-state index contributed by atoms with van der Waals surface area (Å²) in [6.07, 6.45) is 0.274. The van der Waals surface area contributed by atoms with Crippen LogP contribution in [0.2, 0.25) is 0 Å². The van der Waals surface area contributed by atoms with Gasteiger partial charge in [-0.2, -0.15) is 0 Å². The van der Waals surface area contributed by atoms with Gasteiger partial charge >= 0.3 is 0 Å². The lowest BCUT2D eigenvalue weighted by Crippen LogP contribution is -2.41. The lowest BCUT2D eigenvalue weighted by molar-refractivity contribution is -0.138. The minimum Gasteiger partial charge on any atom is -0.341 e. The number of nitrogens with one attached hydrogen (secondary N) is 1. The Hall–Kier alpha value is -0.760. The Bertz CT molecular complexity index is 486. The molecule has 1 N–H and O–H groups in total. The summed E-state index contributed by atoms with van der Waals surface area (Å²) < 4.78 is 52.5. The van der Waals surface area contributed by atoms with Crippen molar-refractivity contribution >= 4 is 15.9 Å². The SMILES string of the molecule is CCNS(=O)(=O)C1CCN(C(=O)C2CCC(F)(F)CC2)C1. The first-order valence-corrected chi connectivity index (χ1v) is 8.95. The van der Waals surface area contributed by atoms with Gasteiger partial charge in [0.15, 0.2) is 0 Å². The van der Waals surface area contributed by atoms with Crippen molar-refractivity contribution in [2.24, 2.45) is 5.92 Å². The highest BCUT2D eigenvalue weighted by molar-refractivity contribution is 7.90. The Morgan fingerprint density at radius 3 is 2.48 bits per heavy atom. The Balaban J connectivity index is 1.91. The van der Waals surface area contributed by atoms with Crippen LogP contribution in [0, 0.1) is 5.92 Å². The van der Waals surface area contributed by atoms with E-state index in [1.165, 1.54) is 4.90 Å². The number of sulfonamides is 1. The average molecular weight is 324 g/mol. The zero-order chi connectivity index (χ0) is 15.7. The molecule has 0 spiro atoms. The summed E-state index contributed by atoms with van der Waals surface area (Å²) in [6.45, 7) is 2.59. The van der Waals surface area contributed by atoms with E-state index in [2.05, 4.69) is 4.72 Å². The van der Waals surface area contributed by atoms with Crippen molar-refractivity contribution in [3.63, 3.8) is 0 Å². The van der Waals surface area contributed by atoms with E-state index in [1.54, 1.807) is 6.92 Å². The number of amides is 1. The van der Waals surface area contributed by atoms with Crippen molar-refractivity contribution in [2.75, 3.05) is 19.6 Å². The van der Waals surface area contributed by atoms with Crippen LogP contribution in [0.15, 0.2) is 0 Å². The third-order valence-electron chi connectivity index (χ3n) is 4.31. The predicted molar refractivity (Wildman–Crippen MR) is 74.5 cm³/mol. The largest absolute Gasteiger partial charge is 0.341 e. The van der Waals surface area contributed by atoms with E-state index in [4.69, 9.17) is 0 Å². The second-order valence-electron chi connectivity index (χ2n) is 5.87. The molecule has 1 aliphatic carbocycles. The molecule has 1 unspecified atom stereocenters. The molecule has 0 aromatic carbocycles. The van der Waals surface area contributed by atoms with Crippen molar-refractivity contribution in [1.29, 1.82) is 0 Å². The third-order valence-corrected chi connectivity index (χ3v) is 6.26. The molecule has 2 aliphatic rings. The van der Waals surface area contributed by atoms with Crippen LogP contribution < -0.4 is 4.72 Å². The third kappa shape index (κ3) is 3.91. The summed E-state index contributed by atoms with van der Waals surface area (Å²) >= 11 is 0. The zero-order valence-corrected chi connectivity index (χ0v) is 13.0. The second-order valence-corrected chi connectivity index (χ2v) is 7.91. The fourth-order valence-electron chi connectivity index (χ4n) is 3.05. The first-order chi connectivity index (χ1) is 9.75. The van der Waals surface area contributed by atoms with Crippen LogP contribution in [0.1, 0.15) is 39.0 Å². The molecule has 1 amide bonds. The quantitative estimate of drug-likeness (QED) is 0.849. The van der Waals surface area contributed by atoms with Crippen molar-refractivity contribution in [3.8, 4) is 0 Å². The van der Waals surface area contributed by atoms with Gasteiger partial charge in [0.2, 0.25) is 21.9 Å². The molecule has 0 bridgehead atoms. The maximum Gasteiger partial charge on any atom is 0.248 e. The van der Waals surface area contributed by atoms with Crippen molar-refractivity contribution in [1.82, 2.24) is 9.62 Å². The van der Waals surface area contributed by atoms with Crippen LogP contribution >= 0.6 is 0 Å². The standard InChI is InChI=1S/C13H22F2N2O3S/c1-2-16-21(19,20)11-5-8-17(9-11)12(18)10-3-6-13(14,15)7-4-10/h10-11,16H,2-9H2,1H3. The summed E-state index contributed by atoms with van der Waals surface area (Å²) in [4.78, 5) is 13.8. The predicted octanol–water partition coefficient (Wildman–Crippen LogP) is 1.35. The molecule has 21 heavy (non-hydrogen) atoms. The maximum absolute atomic E-state index is 13.1. The van der Waals surface area contributed by atoms with E-state index in [1.807, 2.05) is 0 Å². The van der Waals surface area contributed by atoms with Gasteiger partial charge in [-0.05, 0) is 19.3 Å². The molecule has 0 aromatic rings. The monoisotopic (exact) mass is 324 g/mol. The summed E-state index contributed by atoms with van der Waals surface area (Å²) in [6, 6.07) is 0. The number of hydrogen-bond donors (Lipinski definition) is 1. The summed E-state index contributed by atoms with van der Waals surface area (Å²) in [5, 5.41) is -0.591. The van der Waals surface area contributed by atoms with Gasteiger partial charge in [-0.15, -0.1) is 0 Å². The van der Waals surface area contributed by atoms with Gasteiger partial charge in [0.1, 0.15) is 0 Å². The van der Waals surface area contributed by atoms with E-state index in [9.17, 15) is 22.0 Å². The molecule has 1 saturated carbocycles. The van der Waals surface area contributed by atoms with Crippen LogP contribution in [0.5, 0.6) is 0 Å². The van der Waals surface area contributed by atoms with E-state index in [0.29, 0.717) is 19.5 Å². The highest BCUT2D eigenvalue weighted by atomic mass is 32.2. The number of rotatable bonds is 4. The fourth-order valence-corrected chi connectivity index (χ4v) is 4.48. The van der Waals surface area contributed by atoms with E-state index >= 15 is 0 Å². The van der Waals surface area contributed by atoms with E-state index in [-0.39, 0.29) is 44.1 Å². The first kappa shape index (κ1) is 16.6. The van der Waals surface area contributed by atoms with Crippen molar-refractivity contribution in [2.45, 2.75) is 50.2 Å². The van der Waals surface area contributed by atoms with E-state index in [0.717, 1.165) is 0 Å². The molecule has 2 rings (SSSR count). The van der Waals surface area contributed by atoms with Crippen molar-refractivity contribution in [3.05, 3.63) is 0 Å². The number of carbonyl (C=O) groups excluding carboxylic acids is 1. The Labute approximate surface area is 124 Å². The summed E-state index contributed by atoms with van der Waals surface area (Å²) in [5.74, 6) is -3.21. The molecule has 5 nitrogen and oxygen atoms in total. The lowest BCUT2D eigenvalue weighted by Gasteiger charge is -2.30. The van der Waals surface area contributed by atoms with Crippen LogP contribution in [-0.2, 0) is 14.8 Å². The number of carbonyl (C=O) groups is 1. The highest BCUT2D eigenvalue weighted by Crippen LogP contribution is 2.37. The molecule has 122 valence electrons. The Kier molecular flexibility index (Phi) is 4.87. The molecule has 8 heteroatoms. The summed E-state index contributed by atoms with van der Waals surface area (Å²) in [7, 11) is -3.39. The molecule has 0 radical (unpaired) electrons. The zero-order valence-electron chi connectivity index (χ0n) is 12.1. The second kappa shape index (κ2) is 6.16. The smallest absolute Gasteiger partial charge is 0.248 e. The van der Waals surface area contributed by atoms with Crippen molar-refractivity contribution < 1.29 is 22.0 Å². The fraction of sp³-hybridized carbons (Fsp3) is 0.923. The molecule has 1 saturated heterocycles. The first-order valence-electron chi connectivity index (χ1n) is 7.40. The van der Waals surface area contributed by atoms with Crippen LogP contribution in [0.3, 0.4) is 0 Å². The van der Waals surface area contributed by atoms with Crippen LogP contribution in [-0.4, -0.2) is 50.0 Å². The number of nitrogens with zero attached hydrogens (tertiary/aromatic N) is 1. The highest BCUT2D eigenvalue weighted by Gasteiger charge is 2.41. The molecular formula is C13H22F2N2O3S. The number of likely N-dealkylation sites (tertiary alicyclic amines) is 1. The molecular weight excluding hydrogens is 302 g/mol. The summed E-state index contributed by atoms with van der Waals surface area (Å²) in [5.41, 5.74) is 0. The normalized spacial score (nSPS) is 27.0. The number of halogens is 2. The maximum atomic E-state index is 13.1. The minimum atomic E-state index is -3.39. The molecule has 0 aromatic heterocycles. The molecule has 1 heterocycles. The minimum absolute atomic E-state index is 0.167. The van der Waals surface area contributed by atoms with Crippen LogP contribution in [0.25, 0.3) is 0 Å². The molecule has 1 atom stereocenters. The van der Waals surface area contributed by atoms with Gasteiger partial charge in [0.05, 0.1) is 5.25 Å².